The average molecular weight is 328 g/mol. The van der Waals surface area contributed by atoms with Crippen molar-refractivity contribution in [1.29, 1.82) is 0 Å². The molecule has 7 heteroatoms. The quantitative estimate of drug-likeness (QED) is 0.622. The van der Waals surface area contributed by atoms with Gasteiger partial charge >= 0.3 is 5.97 Å². The Balaban J connectivity index is 2.19. The summed E-state index contributed by atoms with van der Waals surface area (Å²) in [7, 11) is 0. The van der Waals surface area contributed by atoms with Crippen LogP contribution in [-0.4, -0.2) is 18.8 Å². The van der Waals surface area contributed by atoms with Crippen LogP contribution in [0.3, 0.4) is 0 Å². The predicted molar refractivity (Wildman–Crippen MR) is 88.1 cm³/mol. The van der Waals surface area contributed by atoms with Gasteiger partial charge in [0, 0.05) is 4.88 Å². The highest BCUT2D eigenvalue weighted by atomic mass is 32.2. The first-order chi connectivity index (χ1) is 9.67. The van der Waals surface area contributed by atoms with Crippen LogP contribution in [0.5, 0.6) is 0 Å². The Morgan fingerprint density at radius 1 is 1.55 bits per heavy atom. The number of thioether (sulfide) groups is 1. The maximum absolute atomic E-state index is 11.9. The van der Waals surface area contributed by atoms with Gasteiger partial charge in [0.25, 0.3) is 0 Å². The first-order valence-corrected chi connectivity index (χ1v) is 8.99. The van der Waals surface area contributed by atoms with E-state index in [1.54, 1.807) is 18.3 Å². The van der Waals surface area contributed by atoms with Gasteiger partial charge in [-0.25, -0.2) is 4.79 Å². The van der Waals surface area contributed by atoms with Crippen molar-refractivity contribution in [2.24, 2.45) is 0 Å². The molecule has 2 rings (SSSR count). The molecule has 2 heterocycles. The van der Waals surface area contributed by atoms with Crippen molar-refractivity contribution in [3.63, 3.8) is 0 Å². The molecule has 0 unspecified atom stereocenters. The summed E-state index contributed by atoms with van der Waals surface area (Å²) in [6.07, 6.45) is 1.95. The Hall–Kier alpha value is -1.18. The number of esters is 1. The molecule has 0 saturated carbocycles. The van der Waals surface area contributed by atoms with Gasteiger partial charge in [0.1, 0.15) is 9.88 Å². The van der Waals surface area contributed by atoms with E-state index in [2.05, 4.69) is 11.4 Å². The number of nitrogen functional groups attached to an aromatic ring is 1. The summed E-state index contributed by atoms with van der Waals surface area (Å²) in [5.74, 6) is -0.352. The second-order valence-corrected chi connectivity index (χ2v) is 6.73. The van der Waals surface area contributed by atoms with Gasteiger partial charge < -0.3 is 15.8 Å². The largest absolute Gasteiger partial charge is 0.462 e. The molecule has 20 heavy (non-hydrogen) atoms. The highest BCUT2D eigenvalue weighted by Gasteiger charge is 2.21. The smallest absolute Gasteiger partial charge is 0.350 e. The van der Waals surface area contributed by atoms with Crippen molar-refractivity contribution in [3.8, 4) is 0 Å². The van der Waals surface area contributed by atoms with E-state index in [0.717, 1.165) is 16.4 Å². The Morgan fingerprint density at radius 2 is 2.35 bits per heavy atom. The number of ether oxygens (including phenoxy) is 1. The third-order valence-electron chi connectivity index (χ3n) is 2.57. The van der Waals surface area contributed by atoms with Crippen molar-refractivity contribution in [1.82, 2.24) is 0 Å². The topological polar surface area (TPSA) is 64.3 Å². The number of rotatable bonds is 6. The lowest BCUT2D eigenvalue weighted by molar-refractivity contribution is 0.0533. The molecule has 0 bridgehead atoms. The van der Waals surface area contributed by atoms with Crippen LogP contribution in [0, 0.1) is 0 Å². The molecule has 0 saturated heterocycles. The minimum Gasteiger partial charge on any atom is -0.462 e. The number of carbonyl (C=O) groups is 1. The number of nitrogens with two attached hydrogens (primary N) is 1. The molecule has 0 radical (unpaired) electrons. The summed E-state index contributed by atoms with van der Waals surface area (Å²) in [6.45, 7) is 2.86. The van der Waals surface area contributed by atoms with Gasteiger partial charge in [-0.3, -0.25) is 0 Å². The molecule has 3 N–H and O–H groups in total. The van der Waals surface area contributed by atoms with E-state index in [1.165, 1.54) is 28.0 Å². The Kier molecular flexibility index (Phi) is 5.33. The molecular weight excluding hydrogens is 312 g/mol. The SMILES string of the molecule is CCOC(=O)c1sc(NCc2cccs2)c(SC)c1N. The van der Waals surface area contributed by atoms with Gasteiger partial charge in [-0.05, 0) is 24.6 Å². The Bertz CT molecular complexity index is 579. The summed E-state index contributed by atoms with van der Waals surface area (Å²) < 4.78 is 5.03. The fourth-order valence-corrected chi connectivity index (χ4v) is 4.25. The third kappa shape index (κ3) is 3.28. The van der Waals surface area contributed by atoms with Crippen LogP contribution in [0.25, 0.3) is 0 Å². The second kappa shape index (κ2) is 7.01. The fraction of sp³-hybridized carbons (Fsp3) is 0.308. The van der Waals surface area contributed by atoms with Crippen LogP contribution in [0.15, 0.2) is 22.4 Å². The third-order valence-corrected chi connectivity index (χ3v) is 5.55. The van der Waals surface area contributed by atoms with E-state index in [4.69, 9.17) is 10.5 Å². The van der Waals surface area contributed by atoms with Crippen LogP contribution in [-0.2, 0) is 11.3 Å². The van der Waals surface area contributed by atoms with Crippen LogP contribution in [0.1, 0.15) is 21.5 Å². The molecule has 0 aliphatic carbocycles. The molecule has 108 valence electrons. The van der Waals surface area contributed by atoms with E-state index < -0.39 is 0 Å². The molecule has 0 amide bonds. The molecule has 2 aromatic rings. The zero-order valence-electron chi connectivity index (χ0n) is 11.3. The standard InChI is InChI=1S/C13H16N2O2S3/c1-3-17-13(16)11-9(14)10(18-2)12(20-11)15-7-8-5-4-6-19-8/h4-6,15H,3,7,14H2,1-2H3. The monoisotopic (exact) mass is 328 g/mol. The lowest BCUT2D eigenvalue weighted by Crippen LogP contribution is -2.04. The molecule has 4 nitrogen and oxygen atoms in total. The highest BCUT2D eigenvalue weighted by molar-refractivity contribution is 7.99. The first-order valence-electron chi connectivity index (χ1n) is 6.07. The fourth-order valence-electron chi connectivity index (χ4n) is 1.68. The van der Waals surface area contributed by atoms with E-state index in [9.17, 15) is 4.79 Å². The number of hydrogen-bond donors (Lipinski definition) is 2. The van der Waals surface area contributed by atoms with Crippen molar-refractivity contribution < 1.29 is 9.53 Å². The number of nitrogens with one attached hydrogen (secondary N) is 1. The minimum absolute atomic E-state index is 0.350. The highest BCUT2D eigenvalue weighted by Crippen LogP contribution is 2.42. The maximum Gasteiger partial charge on any atom is 0.350 e. The van der Waals surface area contributed by atoms with Crippen molar-refractivity contribution in [2.75, 3.05) is 23.9 Å². The number of anilines is 2. The number of thiophene rings is 2. The van der Waals surface area contributed by atoms with Gasteiger partial charge in [0.2, 0.25) is 0 Å². The lowest BCUT2D eigenvalue weighted by atomic mass is 10.4. The van der Waals surface area contributed by atoms with E-state index in [1.807, 2.05) is 17.7 Å². The zero-order valence-corrected chi connectivity index (χ0v) is 13.7. The molecule has 2 aromatic heterocycles. The van der Waals surface area contributed by atoms with Crippen LogP contribution < -0.4 is 11.1 Å². The van der Waals surface area contributed by atoms with Crippen molar-refractivity contribution in [2.45, 2.75) is 18.4 Å². The molecule has 0 spiro atoms. The number of carbonyl (C=O) groups excluding carboxylic acids is 1. The van der Waals surface area contributed by atoms with E-state index >= 15 is 0 Å². The van der Waals surface area contributed by atoms with Crippen molar-refractivity contribution in [3.05, 3.63) is 27.3 Å². The van der Waals surface area contributed by atoms with Gasteiger partial charge in [0.15, 0.2) is 0 Å². The second-order valence-electron chi connectivity index (χ2n) is 3.86. The van der Waals surface area contributed by atoms with Gasteiger partial charge in [0.05, 0.1) is 23.7 Å². The Morgan fingerprint density at radius 3 is 2.95 bits per heavy atom. The zero-order chi connectivity index (χ0) is 14.5. The lowest BCUT2D eigenvalue weighted by Gasteiger charge is -2.04. The molecular formula is C13H16N2O2S3. The minimum atomic E-state index is -0.352. The number of hydrogen-bond acceptors (Lipinski definition) is 7. The van der Waals surface area contributed by atoms with Crippen LogP contribution >= 0.6 is 34.4 Å². The van der Waals surface area contributed by atoms with E-state index in [0.29, 0.717) is 17.2 Å². The summed E-state index contributed by atoms with van der Waals surface area (Å²) in [4.78, 5) is 14.5. The molecule has 0 atom stereocenters. The van der Waals surface area contributed by atoms with Crippen molar-refractivity contribution >= 4 is 51.1 Å². The Labute approximate surface area is 130 Å². The van der Waals surface area contributed by atoms with Gasteiger partial charge in [-0.2, -0.15) is 0 Å². The molecule has 0 fully saturated rings. The average Bonchev–Trinajstić information content (AvgIpc) is 3.04. The van der Waals surface area contributed by atoms with E-state index in [-0.39, 0.29) is 5.97 Å². The summed E-state index contributed by atoms with van der Waals surface area (Å²) >= 11 is 4.58. The summed E-state index contributed by atoms with van der Waals surface area (Å²) in [5, 5.41) is 6.31. The summed E-state index contributed by atoms with van der Waals surface area (Å²) in [5.41, 5.74) is 6.56. The first kappa shape index (κ1) is 15.2. The summed E-state index contributed by atoms with van der Waals surface area (Å²) in [6, 6.07) is 4.09. The predicted octanol–water partition coefficient (Wildman–Crippen LogP) is 3.90. The van der Waals surface area contributed by atoms with Gasteiger partial charge in [-0.1, -0.05) is 6.07 Å². The van der Waals surface area contributed by atoms with Gasteiger partial charge in [-0.15, -0.1) is 34.4 Å². The van der Waals surface area contributed by atoms with Crippen LogP contribution in [0.2, 0.25) is 0 Å². The van der Waals surface area contributed by atoms with Crippen LogP contribution in [0.4, 0.5) is 10.7 Å². The molecule has 0 aromatic carbocycles. The molecule has 0 aliphatic heterocycles. The maximum atomic E-state index is 11.9. The normalized spacial score (nSPS) is 10.5. The molecule has 0 aliphatic rings.